The van der Waals surface area contributed by atoms with Crippen LogP contribution in [-0.2, 0) is 33.3 Å². The molecule has 0 saturated carbocycles. The van der Waals surface area contributed by atoms with Gasteiger partial charge in [0, 0.05) is 12.8 Å². The van der Waals surface area contributed by atoms with Gasteiger partial charge in [0.2, 0.25) is 0 Å². The number of carbonyl (C=O) groups excluding carboxylic acids is 3. The van der Waals surface area contributed by atoms with Gasteiger partial charge < -0.3 is 33.3 Å². The van der Waals surface area contributed by atoms with Gasteiger partial charge in [0.25, 0.3) is 0 Å². The van der Waals surface area contributed by atoms with E-state index in [2.05, 4.69) is 160 Å². The van der Waals surface area contributed by atoms with Crippen molar-refractivity contribution < 1.29 is 42.9 Å². The van der Waals surface area contributed by atoms with Gasteiger partial charge in [0.05, 0.1) is 40.3 Å². The molecule has 9 nitrogen and oxygen atoms in total. The lowest BCUT2D eigenvalue weighted by atomic mass is 10.0. The second-order valence-electron chi connectivity index (χ2n) is 26.2. The Bertz CT molecular complexity index is 2040. The highest BCUT2D eigenvalue weighted by molar-refractivity contribution is 5.70. The Labute approximate surface area is 572 Å². The van der Waals surface area contributed by atoms with Crippen LogP contribution in [0.25, 0.3) is 0 Å². The van der Waals surface area contributed by atoms with Crippen LogP contribution in [0.5, 0.6) is 0 Å². The van der Waals surface area contributed by atoms with Crippen LogP contribution in [0.1, 0.15) is 309 Å². The molecule has 9 heteroatoms. The first-order valence-corrected chi connectivity index (χ1v) is 38.0. The summed E-state index contributed by atoms with van der Waals surface area (Å²) in [5.74, 6) is -2.30. The number of nitrogens with zero attached hydrogens (tertiary/aromatic N) is 1. The van der Waals surface area contributed by atoms with Crippen molar-refractivity contribution in [2.45, 2.75) is 322 Å². The van der Waals surface area contributed by atoms with Crippen LogP contribution in [0.2, 0.25) is 0 Å². The first-order valence-electron chi connectivity index (χ1n) is 38.0. The SMILES string of the molecule is CC/C=C\C/C=C\C/C=C\C/C=C\C/C=C\C/C=C\C/C=C\CCCCCCCCCC(=O)OC(COC(=O)CCCCCCCCCCCCCCCCCCCCCCCCC/C=C\C/C=C\C/C=C\C/C=C\C/C=C\CC)COC(OCC[N+](C)(C)C)C(=O)[O-]. The van der Waals surface area contributed by atoms with Crippen LogP contribution < -0.4 is 5.11 Å². The molecule has 0 aliphatic rings. The van der Waals surface area contributed by atoms with Crippen LogP contribution in [-0.4, -0.2) is 82.3 Å². The fourth-order valence-electron chi connectivity index (χ4n) is 10.4. The van der Waals surface area contributed by atoms with Gasteiger partial charge in [0.15, 0.2) is 12.4 Å². The maximum absolute atomic E-state index is 12.9. The minimum Gasteiger partial charge on any atom is -0.545 e. The monoisotopic (exact) mass is 1290 g/mol. The fourth-order valence-corrected chi connectivity index (χ4v) is 10.4. The van der Waals surface area contributed by atoms with Crippen molar-refractivity contribution in [1.29, 1.82) is 0 Å². The Hall–Kier alpha value is -4.83. The van der Waals surface area contributed by atoms with Crippen LogP contribution in [0.3, 0.4) is 0 Å². The summed E-state index contributed by atoms with van der Waals surface area (Å²) in [6.07, 6.45) is 104. The minimum atomic E-state index is -1.63. The molecule has 2 unspecified atom stereocenters. The van der Waals surface area contributed by atoms with E-state index in [4.69, 9.17) is 18.9 Å². The summed E-state index contributed by atoms with van der Waals surface area (Å²) in [5, 5.41) is 11.8. The summed E-state index contributed by atoms with van der Waals surface area (Å²) in [5.41, 5.74) is 0. The van der Waals surface area contributed by atoms with Gasteiger partial charge in [-0.2, -0.15) is 0 Å². The average molecular weight is 1290 g/mol. The molecule has 0 radical (unpaired) electrons. The van der Waals surface area contributed by atoms with Crippen LogP contribution in [0, 0.1) is 0 Å². The lowest BCUT2D eigenvalue weighted by Crippen LogP contribution is -2.44. The number of aliphatic carboxylic acids is 1. The van der Waals surface area contributed by atoms with Crippen LogP contribution >= 0.6 is 0 Å². The van der Waals surface area contributed by atoms with Gasteiger partial charge in [0.1, 0.15) is 13.2 Å². The Kier molecular flexibility index (Phi) is 69.2. The van der Waals surface area contributed by atoms with Gasteiger partial charge in [-0.1, -0.05) is 327 Å². The molecule has 93 heavy (non-hydrogen) atoms. The largest absolute Gasteiger partial charge is 0.545 e. The highest BCUT2D eigenvalue weighted by Gasteiger charge is 2.22. The summed E-state index contributed by atoms with van der Waals surface area (Å²) in [6.45, 7) is 4.52. The number of carbonyl (C=O) groups is 3. The summed E-state index contributed by atoms with van der Waals surface area (Å²) in [4.78, 5) is 37.6. The predicted octanol–water partition coefficient (Wildman–Crippen LogP) is 22.9. The smallest absolute Gasteiger partial charge is 0.306 e. The summed E-state index contributed by atoms with van der Waals surface area (Å²) < 4.78 is 22.8. The number of likely N-dealkylation sites (N-methyl/N-ethyl adjacent to an activating group) is 1. The number of rotatable bonds is 69. The van der Waals surface area contributed by atoms with E-state index < -0.39 is 24.3 Å². The molecule has 0 saturated heterocycles. The van der Waals surface area contributed by atoms with Gasteiger partial charge in [-0.25, -0.2) is 0 Å². The lowest BCUT2D eigenvalue weighted by Gasteiger charge is -2.26. The van der Waals surface area contributed by atoms with Crippen LogP contribution in [0.15, 0.2) is 146 Å². The molecule has 0 aromatic rings. The van der Waals surface area contributed by atoms with Crippen molar-refractivity contribution in [1.82, 2.24) is 0 Å². The highest BCUT2D eigenvalue weighted by atomic mass is 16.7. The number of hydrogen-bond acceptors (Lipinski definition) is 8. The molecule has 0 rings (SSSR count). The molecule has 0 amide bonds. The van der Waals surface area contributed by atoms with Crippen molar-refractivity contribution in [2.75, 3.05) is 47.5 Å². The summed E-state index contributed by atoms with van der Waals surface area (Å²) >= 11 is 0. The van der Waals surface area contributed by atoms with Crippen molar-refractivity contribution in [3.63, 3.8) is 0 Å². The second-order valence-corrected chi connectivity index (χ2v) is 26.2. The normalized spacial score (nSPS) is 13.5. The quantitative estimate of drug-likeness (QED) is 0.0195. The standard InChI is InChI=1S/C84H141NO8/c1-6-8-10-12-14-16-18-20-22-24-26-28-30-32-34-36-37-38-39-40-41-42-43-44-45-47-48-50-52-54-56-58-60-62-64-66-68-70-72-74-81(86)91-78-80(79-92-84(83(88)89)90-77-76-85(3,4)5)93-82(87)75-73-71-69-67-65-63-61-59-57-55-53-51-49-46-35-33-31-29-27-25-23-21-19-17-15-13-11-9-7-2/h8-11,14-17,20-23,26-29,32-35,49,51,55,57,80,84H,6-7,12-13,18-19,24-25,30-31,36-48,50,52-54,56,58-79H2,1-5H3/b10-8-,11-9-,16-14-,17-15-,22-20-,23-21-,28-26-,29-27-,34-32-,35-33-,51-49-,57-55-. The molecular formula is C84H141NO8. The Balaban J connectivity index is 4.06. The van der Waals surface area contributed by atoms with Gasteiger partial charge in [-0.3, -0.25) is 9.59 Å². The number of carboxylic acids is 1. The molecule has 0 heterocycles. The summed E-state index contributed by atoms with van der Waals surface area (Å²) in [6, 6.07) is 0. The van der Waals surface area contributed by atoms with Crippen molar-refractivity contribution in [3.05, 3.63) is 146 Å². The molecule has 0 fully saturated rings. The summed E-state index contributed by atoms with van der Waals surface area (Å²) in [7, 11) is 5.93. The van der Waals surface area contributed by atoms with Gasteiger partial charge in [-0.05, 0) is 116 Å². The Morgan fingerprint density at radius 3 is 0.860 bits per heavy atom. The third-order valence-corrected chi connectivity index (χ3v) is 16.1. The van der Waals surface area contributed by atoms with Crippen molar-refractivity contribution in [2.24, 2.45) is 0 Å². The molecule has 530 valence electrons. The fraction of sp³-hybridized carbons (Fsp3) is 0.679. The third-order valence-electron chi connectivity index (χ3n) is 16.1. The van der Waals surface area contributed by atoms with E-state index in [1.165, 1.54) is 154 Å². The number of allylic oxidation sites excluding steroid dienone is 24. The maximum Gasteiger partial charge on any atom is 0.306 e. The number of esters is 2. The minimum absolute atomic E-state index is 0.140. The molecule has 0 aliphatic heterocycles. The number of hydrogen-bond donors (Lipinski definition) is 0. The van der Waals surface area contributed by atoms with E-state index in [1.54, 1.807) is 0 Å². The molecule has 0 aromatic carbocycles. The van der Waals surface area contributed by atoms with Crippen molar-refractivity contribution >= 4 is 17.9 Å². The first-order chi connectivity index (χ1) is 45.6. The molecule has 2 atom stereocenters. The first kappa shape index (κ1) is 88.2. The van der Waals surface area contributed by atoms with E-state index in [9.17, 15) is 19.5 Å². The predicted molar refractivity (Wildman–Crippen MR) is 398 cm³/mol. The van der Waals surface area contributed by atoms with Crippen LogP contribution in [0.4, 0.5) is 0 Å². The van der Waals surface area contributed by atoms with Gasteiger partial charge >= 0.3 is 11.9 Å². The zero-order valence-corrected chi connectivity index (χ0v) is 60.6. The Morgan fingerprint density at radius 1 is 0.323 bits per heavy atom. The van der Waals surface area contributed by atoms with Crippen molar-refractivity contribution in [3.8, 4) is 0 Å². The second kappa shape index (κ2) is 73.0. The number of unbranched alkanes of at least 4 members (excludes halogenated alkanes) is 30. The molecule has 0 spiro atoms. The number of ether oxygens (including phenoxy) is 4. The lowest BCUT2D eigenvalue weighted by molar-refractivity contribution is -0.870. The molecular weight excluding hydrogens is 1150 g/mol. The van der Waals surface area contributed by atoms with E-state index in [-0.39, 0.29) is 38.6 Å². The molecule has 0 aromatic heterocycles. The van der Waals surface area contributed by atoms with E-state index in [0.717, 1.165) is 122 Å². The topological polar surface area (TPSA) is 111 Å². The zero-order chi connectivity index (χ0) is 67.5. The maximum atomic E-state index is 12.9. The molecule has 0 aliphatic carbocycles. The van der Waals surface area contributed by atoms with E-state index in [0.29, 0.717) is 17.4 Å². The average Bonchev–Trinajstić information content (AvgIpc) is 3.74. The molecule has 0 N–H and O–H groups in total. The van der Waals surface area contributed by atoms with E-state index in [1.807, 2.05) is 21.1 Å². The highest BCUT2D eigenvalue weighted by Crippen LogP contribution is 2.18. The number of quaternary nitrogens is 1. The zero-order valence-electron chi connectivity index (χ0n) is 60.6. The third kappa shape index (κ3) is 74.4. The Morgan fingerprint density at radius 2 is 0.581 bits per heavy atom. The van der Waals surface area contributed by atoms with Gasteiger partial charge in [-0.15, -0.1) is 0 Å². The molecule has 0 bridgehead atoms. The van der Waals surface area contributed by atoms with E-state index >= 15 is 0 Å². The number of carboxylic acid groups (broad SMARTS) is 1.